The van der Waals surface area contributed by atoms with Crippen molar-refractivity contribution in [3.63, 3.8) is 0 Å². The van der Waals surface area contributed by atoms with Crippen LogP contribution in [0.3, 0.4) is 0 Å². The van der Waals surface area contributed by atoms with E-state index in [4.69, 9.17) is 0 Å². The van der Waals surface area contributed by atoms with E-state index in [1.165, 1.54) is 21.2 Å². The summed E-state index contributed by atoms with van der Waals surface area (Å²) in [6.45, 7) is 2.80. The Morgan fingerprint density at radius 2 is 1.91 bits per heavy atom. The third-order valence-corrected chi connectivity index (χ3v) is 5.20. The summed E-state index contributed by atoms with van der Waals surface area (Å²) in [6.07, 6.45) is 2.04. The van der Waals surface area contributed by atoms with Crippen molar-refractivity contribution in [1.82, 2.24) is 5.32 Å². The maximum atomic E-state index is 12.7. The molecule has 0 spiro atoms. The van der Waals surface area contributed by atoms with Crippen molar-refractivity contribution in [3.05, 3.63) is 70.6 Å². The molecule has 1 heterocycles. The third kappa shape index (κ3) is 3.98. The number of halogens is 1. The molecule has 3 rings (SSSR count). The van der Waals surface area contributed by atoms with Crippen molar-refractivity contribution in [2.24, 2.45) is 0 Å². The van der Waals surface area contributed by atoms with E-state index in [1.54, 1.807) is 11.3 Å². The predicted octanol–water partition coefficient (Wildman–Crippen LogP) is 5.65. The maximum absolute atomic E-state index is 12.7. The molecule has 0 saturated carbocycles. The lowest BCUT2D eigenvalue weighted by atomic mass is 10.1. The Bertz CT molecular complexity index is 765. The predicted molar refractivity (Wildman–Crippen MR) is 97.8 cm³/mol. The van der Waals surface area contributed by atoms with E-state index in [1.807, 2.05) is 18.2 Å². The Morgan fingerprint density at radius 1 is 1.09 bits per heavy atom. The van der Waals surface area contributed by atoms with Gasteiger partial charge in [0.1, 0.15) is 6.67 Å². The molecule has 0 radical (unpaired) electrons. The van der Waals surface area contributed by atoms with Crippen LogP contribution in [0.4, 0.5) is 4.39 Å². The summed E-state index contributed by atoms with van der Waals surface area (Å²) < 4.78 is 14.0. The number of aryl methyl sites for hydroxylation is 1. The van der Waals surface area contributed by atoms with Gasteiger partial charge in [-0.15, -0.1) is 11.3 Å². The highest BCUT2D eigenvalue weighted by atomic mass is 32.1. The highest BCUT2D eigenvalue weighted by molar-refractivity contribution is 7.17. The number of thiophene rings is 1. The molecule has 2 aromatic carbocycles. The first-order chi connectivity index (χ1) is 11.3. The average molecular weight is 327 g/mol. The topological polar surface area (TPSA) is 12.0 Å². The summed E-state index contributed by atoms with van der Waals surface area (Å²) in [5.41, 5.74) is 3.37. The summed E-state index contributed by atoms with van der Waals surface area (Å²) in [7, 11) is 0. The molecule has 3 heteroatoms. The average Bonchev–Trinajstić information content (AvgIpc) is 3.03. The van der Waals surface area contributed by atoms with Gasteiger partial charge in [-0.3, -0.25) is 0 Å². The Hall–Kier alpha value is -1.71. The first-order valence-corrected chi connectivity index (χ1v) is 8.99. The number of hydrogen-bond donors (Lipinski definition) is 1. The SMILES string of the molecule is CC(NCCCc1cccc(CF)c1)c1csc2ccccc12. The lowest BCUT2D eigenvalue weighted by molar-refractivity contribution is 0.485. The third-order valence-electron chi connectivity index (χ3n) is 4.22. The molecule has 1 atom stereocenters. The van der Waals surface area contributed by atoms with Crippen molar-refractivity contribution in [2.75, 3.05) is 6.54 Å². The van der Waals surface area contributed by atoms with Gasteiger partial charge in [-0.25, -0.2) is 4.39 Å². The van der Waals surface area contributed by atoms with Gasteiger partial charge in [0.2, 0.25) is 0 Å². The molecule has 0 amide bonds. The van der Waals surface area contributed by atoms with Gasteiger partial charge in [0.15, 0.2) is 0 Å². The molecule has 1 nitrogen and oxygen atoms in total. The van der Waals surface area contributed by atoms with Gasteiger partial charge < -0.3 is 5.32 Å². The summed E-state index contributed by atoms with van der Waals surface area (Å²) in [5.74, 6) is 0. The molecular formula is C20H22FNS. The number of benzene rings is 2. The van der Waals surface area contributed by atoms with Crippen LogP contribution in [0.15, 0.2) is 53.9 Å². The van der Waals surface area contributed by atoms with E-state index in [-0.39, 0.29) is 6.67 Å². The summed E-state index contributed by atoms with van der Waals surface area (Å²) in [4.78, 5) is 0. The van der Waals surface area contributed by atoms with E-state index in [0.29, 0.717) is 6.04 Å². The molecule has 1 aromatic heterocycles. The molecule has 3 aromatic rings. The maximum Gasteiger partial charge on any atom is 0.115 e. The quantitative estimate of drug-likeness (QED) is 0.553. The summed E-state index contributed by atoms with van der Waals surface area (Å²) >= 11 is 1.81. The van der Waals surface area contributed by atoms with E-state index < -0.39 is 0 Å². The van der Waals surface area contributed by atoms with Gasteiger partial charge in [-0.1, -0.05) is 42.5 Å². The first-order valence-electron chi connectivity index (χ1n) is 8.11. The number of fused-ring (bicyclic) bond motifs is 1. The van der Waals surface area contributed by atoms with Gasteiger partial charge in [0.25, 0.3) is 0 Å². The molecule has 1 N–H and O–H groups in total. The zero-order chi connectivity index (χ0) is 16.1. The minimum absolute atomic E-state index is 0.350. The van der Waals surface area contributed by atoms with E-state index in [2.05, 4.69) is 48.0 Å². The molecule has 0 aliphatic carbocycles. The Morgan fingerprint density at radius 3 is 2.78 bits per heavy atom. The van der Waals surface area contributed by atoms with Gasteiger partial charge in [-0.2, -0.15) is 0 Å². The van der Waals surface area contributed by atoms with Crippen LogP contribution in [0.5, 0.6) is 0 Å². The van der Waals surface area contributed by atoms with E-state index >= 15 is 0 Å². The van der Waals surface area contributed by atoms with Crippen molar-refractivity contribution < 1.29 is 4.39 Å². The van der Waals surface area contributed by atoms with Gasteiger partial charge in [0.05, 0.1) is 0 Å². The fourth-order valence-corrected chi connectivity index (χ4v) is 3.98. The van der Waals surface area contributed by atoms with Crippen LogP contribution in [0.1, 0.15) is 36.1 Å². The second-order valence-electron chi connectivity index (χ2n) is 5.92. The molecular weight excluding hydrogens is 305 g/mol. The lowest BCUT2D eigenvalue weighted by Gasteiger charge is -2.13. The Balaban J connectivity index is 1.52. The Kier molecular flexibility index (Phi) is 5.42. The molecule has 0 aliphatic rings. The second kappa shape index (κ2) is 7.71. The minimum Gasteiger partial charge on any atom is -0.310 e. The lowest BCUT2D eigenvalue weighted by Crippen LogP contribution is -2.20. The highest BCUT2D eigenvalue weighted by Gasteiger charge is 2.10. The zero-order valence-electron chi connectivity index (χ0n) is 13.4. The molecule has 0 saturated heterocycles. The standard InChI is InChI=1S/C20H22FNS/c1-15(19-14-23-20-10-3-2-9-18(19)20)22-11-5-8-16-6-4-7-17(12-16)13-21/h2-4,6-7,9-10,12,14-15,22H,5,8,11,13H2,1H3. The van der Waals surface area contributed by atoms with Crippen LogP contribution in [-0.2, 0) is 13.1 Å². The fourth-order valence-electron chi connectivity index (χ4n) is 2.92. The molecule has 120 valence electrons. The molecule has 23 heavy (non-hydrogen) atoms. The molecule has 0 aliphatic heterocycles. The largest absolute Gasteiger partial charge is 0.310 e. The zero-order valence-corrected chi connectivity index (χ0v) is 14.2. The fraction of sp³-hybridized carbons (Fsp3) is 0.300. The summed E-state index contributed by atoms with van der Waals surface area (Å²) in [5, 5.41) is 7.22. The van der Waals surface area contributed by atoms with Gasteiger partial charge in [0, 0.05) is 10.7 Å². The number of hydrogen-bond acceptors (Lipinski definition) is 2. The summed E-state index contributed by atoms with van der Waals surface area (Å²) in [6, 6.07) is 16.7. The van der Waals surface area contributed by atoms with E-state index in [9.17, 15) is 4.39 Å². The van der Waals surface area contributed by atoms with Crippen molar-refractivity contribution in [3.8, 4) is 0 Å². The van der Waals surface area contributed by atoms with Crippen LogP contribution in [0, 0.1) is 0 Å². The normalized spacial score (nSPS) is 12.6. The smallest absolute Gasteiger partial charge is 0.115 e. The molecule has 0 fully saturated rings. The minimum atomic E-state index is -0.381. The molecule has 0 bridgehead atoms. The van der Waals surface area contributed by atoms with Gasteiger partial charge in [-0.05, 0) is 59.8 Å². The van der Waals surface area contributed by atoms with Crippen LogP contribution < -0.4 is 5.32 Å². The van der Waals surface area contributed by atoms with Crippen molar-refractivity contribution in [1.29, 1.82) is 0 Å². The van der Waals surface area contributed by atoms with Crippen LogP contribution in [-0.4, -0.2) is 6.54 Å². The van der Waals surface area contributed by atoms with Crippen LogP contribution >= 0.6 is 11.3 Å². The second-order valence-corrected chi connectivity index (χ2v) is 6.83. The van der Waals surface area contributed by atoms with Crippen LogP contribution in [0.25, 0.3) is 10.1 Å². The molecule has 1 unspecified atom stereocenters. The van der Waals surface area contributed by atoms with E-state index in [0.717, 1.165) is 24.9 Å². The number of nitrogens with one attached hydrogen (secondary N) is 1. The van der Waals surface area contributed by atoms with Crippen molar-refractivity contribution >= 4 is 21.4 Å². The highest BCUT2D eigenvalue weighted by Crippen LogP contribution is 2.29. The van der Waals surface area contributed by atoms with Crippen molar-refractivity contribution in [2.45, 2.75) is 32.5 Å². The van der Waals surface area contributed by atoms with Crippen LogP contribution in [0.2, 0.25) is 0 Å². The monoisotopic (exact) mass is 327 g/mol. The number of rotatable bonds is 7. The Labute approximate surface area is 141 Å². The number of alkyl halides is 1. The first kappa shape index (κ1) is 16.2. The van der Waals surface area contributed by atoms with Gasteiger partial charge >= 0.3 is 0 Å².